The second-order valence-electron chi connectivity index (χ2n) is 8.33. The first-order chi connectivity index (χ1) is 14.5. The molecule has 1 aliphatic carbocycles. The summed E-state index contributed by atoms with van der Waals surface area (Å²) in [5, 5.41) is 1.45. The van der Waals surface area contributed by atoms with Crippen molar-refractivity contribution in [3.8, 4) is 0 Å². The zero-order valence-electron chi connectivity index (χ0n) is 18.1. The number of carbonyl (C=O) groups is 1. The third-order valence-electron chi connectivity index (χ3n) is 6.23. The summed E-state index contributed by atoms with van der Waals surface area (Å²) in [6.45, 7) is 8.91. The monoisotopic (exact) mass is 449 g/mol. The molecule has 1 amide bonds. The van der Waals surface area contributed by atoms with Gasteiger partial charge in [-0.15, -0.1) is 11.3 Å². The van der Waals surface area contributed by atoms with Crippen molar-refractivity contribution in [1.82, 2.24) is 14.5 Å². The molecule has 0 radical (unpaired) electrons. The van der Waals surface area contributed by atoms with Crippen LogP contribution in [0.1, 0.15) is 50.5 Å². The Morgan fingerprint density at radius 2 is 2.13 bits per heavy atom. The fourth-order valence-corrected chi connectivity index (χ4v) is 6.80. The van der Waals surface area contributed by atoms with Crippen LogP contribution in [0.5, 0.6) is 0 Å². The number of aromatic nitrogens is 2. The van der Waals surface area contributed by atoms with E-state index in [2.05, 4.69) is 6.92 Å². The molecule has 4 rings (SSSR count). The molecule has 1 fully saturated rings. The Morgan fingerprint density at radius 3 is 2.83 bits per heavy atom. The second-order valence-corrected chi connectivity index (χ2v) is 10.4. The van der Waals surface area contributed by atoms with Crippen molar-refractivity contribution in [3.05, 3.63) is 20.8 Å². The molecular weight excluding hydrogens is 418 g/mol. The number of fused-ring (bicyclic) bond motifs is 3. The molecular formula is C22H31N3O3S2. The van der Waals surface area contributed by atoms with Crippen LogP contribution in [-0.2, 0) is 28.9 Å². The average Bonchev–Trinajstić information content (AvgIpc) is 3.36. The summed E-state index contributed by atoms with van der Waals surface area (Å²) < 4.78 is 7.60. The van der Waals surface area contributed by atoms with Crippen LogP contribution in [0.25, 0.3) is 10.2 Å². The Kier molecular flexibility index (Phi) is 6.85. The number of ether oxygens (including phenoxy) is 1. The van der Waals surface area contributed by atoms with E-state index in [-0.39, 0.29) is 17.6 Å². The fraction of sp³-hybridized carbons (Fsp3) is 0.682. The molecule has 0 saturated carbocycles. The Bertz CT molecular complexity index is 974. The van der Waals surface area contributed by atoms with Crippen LogP contribution < -0.4 is 5.56 Å². The molecule has 2 aliphatic rings. The Labute approximate surface area is 186 Å². The third kappa shape index (κ3) is 4.32. The average molecular weight is 450 g/mol. The minimum absolute atomic E-state index is 0.0420. The minimum Gasteiger partial charge on any atom is -0.376 e. The maximum atomic E-state index is 13.6. The van der Waals surface area contributed by atoms with Crippen molar-refractivity contribution in [2.24, 2.45) is 5.92 Å². The van der Waals surface area contributed by atoms with Gasteiger partial charge in [0.2, 0.25) is 5.91 Å². The van der Waals surface area contributed by atoms with Crippen LogP contribution in [0.15, 0.2) is 9.95 Å². The fourth-order valence-electron chi connectivity index (χ4n) is 4.46. The van der Waals surface area contributed by atoms with Crippen molar-refractivity contribution < 1.29 is 9.53 Å². The minimum atomic E-state index is 0.0420. The van der Waals surface area contributed by atoms with Gasteiger partial charge in [0.05, 0.1) is 23.8 Å². The molecule has 2 atom stereocenters. The van der Waals surface area contributed by atoms with Gasteiger partial charge in [-0.25, -0.2) is 4.98 Å². The number of hydrogen-bond acceptors (Lipinski definition) is 6. The number of aryl methyl sites for hydroxylation is 1. The number of amides is 1. The predicted molar refractivity (Wildman–Crippen MR) is 123 cm³/mol. The molecule has 8 heteroatoms. The van der Waals surface area contributed by atoms with E-state index in [1.807, 2.05) is 18.7 Å². The number of nitrogens with zero attached hydrogens (tertiary/aromatic N) is 3. The van der Waals surface area contributed by atoms with E-state index in [9.17, 15) is 9.59 Å². The Balaban J connectivity index is 1.71. The summed E-state index contributed by atoms with van der Waals surface area (Å²) >= 11 is 3.05. The van der Waals surface area contributed by atoms with E-state index >= 15 is 0 Å². The van der Waals surface area contributed by atoms with E-state index in [1.165, 1.54) is 22.2 Å². The van der Waals surface area contributed by atoms with Gasteiger partial charge in [-0.3, -0.25) is 14.2 Å². The van der Waals surface area contributed by atoms with Crippen molar-refractivity contribution >= 4 is 39.2 Å². The Morgan fingerprint density at radius 1 is 1.33 bits per heavy atom. The maximum Gasteiger partial charge on any atom is 0.263 e. The van der Waals surface area contributed by atoms with Gasteiger partial charge in [0.1, 0.15) is 4.83 Å². The topological polar surface area (TPSA) is 64.4 Å². The van der Waals surface area contributed by atoms with Crippen LogP contribution in [0, 0.1) is 5.92 Å². The lowest BCUT2D eigenvalue weighted by Crippen LogP contribution is -2.33. The lowest BCUT2D eigenvalue weighted by molar-refractivity contribution is -0.127. The van der Waals surface area contributed by atoms with Gasteiger partial charge in [-0.05, 0) is 57.4 Å². The number of rotatable bonds is 7. The predicted octanol–water partition coefficient (Wildman–Crippen LogP) is 3.72. The maximum absolute atomic E-state index is 13.6. The van der Waals surface area contributed by atoms with Crippen molar-refractivity contribution in [3.63, 3.8) is 0 Å². The summed E-state index contributed by atoms with van der Waals surface area (Å²) in [5.41, 5.74) is 1.25. The van der Waals surface area contributed by atoms with E-state index in [4.69, 9.17) is 9.72 Å². The molecule has 0 unspecified atom stereocenters. The van der Waals surface area contributed by atoms with Gasteiger partial charge in [0, 0.05) is 24.6 Å². The molecule has 2 aromatic rings. The number of carbonyl (C=O) groups excluding carboxylic acids is 1. The van der Waals surface area contributed by atoms with Crippen LogP contribution in [0.3, 0.4) is 0 Å². The lowest BCUT2D eigenvalue weighted by Gasteiger charge is -2.20. The molecule has 3 heterocycles. The molecule has 0 aromatic carbocycles. The van der Waals surface area contributed by atoms with Crippen LogP contribution in [0.4, 0.5) is 0 Å². The zero-order valence-corrected chi connectivity index (χ0v) is 19.7. The third-order valence-corrected chi connectivity index (χ3v) is 8.34. The summed E-state index contributed by atoms with van der Waals surface area (Å²) in [7, 11) is 0. The van der Waals surface area contributed by atoms with Gasteiger partial charge in [-0.2, -0.15) is 0 Å². The smallest absolute Gasteiger partial charge is 0.263 e. The van der Waals surface area contributed by atoms with Crippen molar-refractivity contribution in [1.29, 1.82) is 0 Å². The molecule has 0 bridgehead atoms. The molecule has 0 N–H and O–H groups in total. The van der Waals surface area contributed by atoms with E-state index in [0.29, 0.717) is 36.5 Å². The van der Waals surface area contributed by atoms with Crippen LogP contribution >= 0.6 is 23.1 Å². The zero-order chi connectivity index (χ0) is 21.3. The summed E-state index contributed by atoms with van der Waals surface area (Å²) in [6.07, 6.45) is 5.16. The van der Waals surface area contributed by atoms with Crippen molar-refractivity contribution in [2.75, 3.05) is 25.4 Å². The standard InChI is InChI=1S/C22H31N3O3S2/c1-4-24(5-2)18(26)13-29-22-23-20-19(16-9-8-14(3)11-17(16)30-20)21(27)25(22)12-15-7-6-10-28-15/h14-15H,4-13H2,1-3H3/t14-,15+/m0/s1. The number of thiophene rings is 1. The summed E-state index contributed by atoms with van der Waals surface area (Å²) in [4.78, 5) is 35.0. The highest BCUT2D eigenvalue weighted by Gasteiger charge is 2.26. The van der Waals surface area contributed by atoms with Gasteiger partial charge in [-0.1, -0.05) is 18.7 Å². The van der Waals surface area contributed by atoms with E-state index in [0.717, 1.165) is 48.9 Å². The van der Waals surface area contributed by atoms with E-state index in [1.54, 1.807) is 15.9 Å². The number of thioether (sulfide) groups is 1. The first kappa shape index (κ1) is 21.8. The first-order valence-corrected chi connectivity index (χ1v) is 12.9. The van der Waals surface area contributed by atoms with Crippen LogP contribution in [-0.4, -0.2) is 51.9 Å². The SMILES string of the molecule is CCN(CC)C(=O)CSc1nc2sc3c(c2c(=O)n1C[C@H]1CCCO1)CC[C@H](C)C3. The van der Waals surface area contributed by atoms with Crippen LogP contribution in [0.2, 0.25) is 0 Å². The summed E-state index contributed by atoms with van der Waals surface area (Å²) in [5.74, 6) is 1.04. The van der Waals surface area contributed by atoms with Gasteiger partial charge in [0.25, 0.3) is 5.56 Å². The molecule has 0 spiro atoms. The van der Waals surface area contributed by atoms with Gasteiger partial charge >= 0.3 is 0 Å². The quantitative estimate of drug-likeness (QED) is 0.476. The van der Waals surface area contributed by atoms with E-state index < -0.39 is 0 Å². The highest BCUT2D eigenvalue weighted by molar-refractivity contribution is 7.99. The lowest BCUT2D eigenvalue weighted by atomic mass is 9.89. The normalized spacial score (nSPS) is 21.2. The van der Waals surface area contributed by atoms with Gasteiger partial charge in [0.15, 0.2) is 5.16 Å². The van der Waals surface area contributed by atoms with Crippen molar-refractivity contribution in [2.45, 2.75) is 70.7 Å². The molecule has 164 valence electrons. The number of hydrogen-bond donors (Lipinski definition) is 0. The first-order valence-electron chi connectivity index (χ1n) is 11.1. The second kappa shape index (κ2) is 9.40. The molecule has 2 aromatic heterocycles. The molecule has 1 aliphatic heterocycles. The van der Waals surface area contributed by atoms with Gasteiger partial charge < -0.3 is 9.64 Å². The molecule has 30 heavy (non-hydrogen) atoms. The molecule has 6 nitrogen and oxygen atoms in total. The highest BCUT2D eigenvalue weighted by atomic mass is 32.2. The largest absolute Gasteiger partial charge is 0.376 e. The Hall–Kier alpha value is -1.38. The highest BCUT2D eigenvalue weighted by Crippen LogP contribution is 2.36. The summed E-state index contributed by atoms with van der Waals surface area (Å²) in [6, 6.07) is 0. The molecule has 1 saturated heterocycles.